The summed E-state index contributed by atoms with van der Waals surface area (Å²) >= 11 is 4.90. The van der Waals surface area contributed by atoms with E-state index in [9.17, 15) is 24.5 Å². The molecule has 11 nitrogen and oxygen atoms in total. The van der Waals surface area contributed by atoms with E-state index in [2.05, 4.69) is 16.2 Å². The number of rotatable bonds is 7. The SMILES string of the molecule is CCOC(=O)c1ccc(OCC(=O)NNC(=S)NC(=O)c2ccc([N+](=O)[O-])cc2)cc1. The van der Waals surface area contributed by atoms with Gasteiger partial charge in [-0.2, -0.15) is 0 Å². The molecular formula is C19H18N4O7S. The Bertz CT molecular complexity index is 978. The predicted molar refractivity (Wildman–Crippen MR) is 112 cm³/mol. The van der Waals surface area contributed by atoms with Crippen LogP contribution < -0.4 is 20.9 Å². The molecule has 2 aromatic rings. The molecule has 2 amide bonds. The van der Waals surface area contributed by atoms with Crippen LogP contribution >= 0.6 is 12.2 Å². The van der Waals surface area contributed by atoms with Crippen molar-refractivity contribution in [2.75, 3.05) is 13.2 Å². The lowest BCUT2D eigenvalue weighted by Gasteiger charge is -2.11. The van der Waals surface area contributed by atoms with Gasteiger partial charge in [-0.3, -0.25) is 35.9 Å². The van der Waals surface area contributed by atoms with Crippen LogP contribution in [-0.2, 0) is 9.53 Å². The lowest BCUT2D eigenvalue weighted by molar-refractivity contribution is -0.384. The summed E-state index contributed by atoms with van der Waals surface area (Å²) in [6.07, 6.45) is 0. The zero-order valence-electron chi connectivity index (χ0n) is 16.2. The van der Waals surface area contributed by atoms with Crippen LogP contribution in [-0.4, -0.2) is 41.0 Å². The van der Waals surface area contributed by atoms with Crippen LogP contribution in [0.5, 0.6) is 5.75 Å². The molecule has 0 aliphatic rings. The van der Waals surface area contributed by atoms with Gasteiger partial charge in [-0.05, 0) is 55.5 Å². The Kier molecular flexibility index (Phi) is 8.40. The fraction of sp³-hybridized carbons (Fsp3) is 0.158. The van der Waals surface area contributed by atoms with E-state index in [1.54, 1.807) is 6.92 Å². The topological polar surface area (TPSA) is 149 Å². The molecule has 0 fully saturated rings. The van der Waals surface area contributed by atoms with Crippen LogP contribution in [0.25, 0.3) is 0 Å². The summed E-state index contributed by atoms with van der Waals surface area (Å²) in [5.41, 5.74) is 4.94. The molecule has 0 radical (unpaired) electrons. The number of non-ortho nitro benzene ring substituents is 1. The van der Waals surface area contributed by atoms with Crippen molar-refractivity contribution in [2.45, 2.75) is 6.92 Å². The summed E-state index contributed by atoms with van der Waals surface area (Å²) in [5.74, 6) is -1.29. The monoisotopic (exact) mass is 446 g/mol. The van der Waals surface area contributed by atoms with Crippen LogP contribution in [0.2, 0.25) is 0 Å². The molecular weight excluding hydrogens is 428 g/mol. The number of hydrogen-bond donors (Lipinski definition) is 3. The van der Waals surface area contributed by atoms with E-state index >= 15 is 0 Å². The van der Waals surface area contributed by atoms with Gasteiger partial charge in [0.1, 0.15) is 5.75 Å². The second-order valence-electron chi connectivity index (χ2n) is 5.79. The summed E-state index contributed by atoms with van der Waals surface area (Å²) in [4.78, 5) is 45.5. The molecule has 0 atom stereocenters. The number of carbonyl (C=O) groups is 3. The minimum atomic E-state index is -0.611. The maximum absolute atomic E-state index is 12.0. The van der Waals surface area contributed by atoms with Crippen molar-refractivity contribution in [1.29, 1.82) is 0 Å². The van der Waals surface area contributed by atoms with Crippen LogP contribution in [0.3, 0.4) is 0 Å². The number of ether oxygens (including phenoxy) is 2. The van der Waals surface area contributed by atoms with E-state index in [0.29, 0.717) is 11.3 Å². The quantitative estimate of drug-likeness (QED) is 0.249. The number of thiocarbonyl (C=S) groups is 1. The maximum atomic E-state index is 12.0. The van der Waals surface area contributed by atoms with Crippen molar-refractivity contribution in [1.82, 2.24) is 16.2 Å². The number of carbonyl (C=O) groups excluding carboxylic acids is 3. The second-order valence-corrected chi connectivity index (χ2v) is 6.20. The van der Waals surface area contributed by atoms with Crippen LogP contribution in [0.4, 0.5) is 5.69 Å². The summed E-state index contributed by atoms with van der Waals surface area (Å²) in [5, 5.41) is 12.8. The van der Waals surface area contributed by atoms with Gasteiger partial charge in [0.05, 0.1) is 17.1 Å². The van der Waals surface area contributed by atoms with Crippen molar-refractivity contribution in [3.8, 4) is 5.75 Å². The molecule has 0 saturated carbocycles. The summed E-state index contributed by atoms with van der Waals surface area (Å²) in [7, 11) is 0. The van der Waals surface area contributed by atoms with Gasteiger partial charge in [0.25, 0.3) is 17.5 Å². The first-order chi connectivity index (χ1) is 14.8. The number of amides is 2. The average Bonchev–Trinajstić information content (AvgIpc) is 2.76. The van der Waals surface area contributed by atoms with Crippen LogP contribution in [0.15, 0.2) is 48.5 Å². The van der Waals surface area contributed by atoms with E-state index in [1.807, 2.05) is 0 Å². The second kappa shape index (κ2) is 11.2. The summed E-state index contributed by atoms with van der Waals surface area (Å²) in [6.45, 7) is 1.61. The molecule has 3 N–H and O–H groups in total. The van der Waals surface area contributed by atoms with E-state index in [1.165, 1.54) is 48.5 Å². The largest absolute Gasteiger partial charge is 0.484 e. The van der Waals surface area contributed by atoms with Crippen LogP contribution in [0.1, 0.15) is 27.6 Å². The number of nitrogens with one attached hydrogen (secondary N) is 3. The Morgan fingerprint density at radius 3 is 2.19 bits per heavy atom. The molecule has 12 heteroatoms. The average molecular weight is 446 g/mol. The Morgan fingerprint density at radius 1 is 1.00 bits per heavy atom. The van der Waals surface area contributed by atoms with Gasteiger partial charge >= 0.3 is 5.97 Å². The number of nitrogens with zero attached hydrogens (tertiary/aromatic N) is 1. The van der Waals surface area contributed by atoms with Gasteiger partial charge in [-0.1, -0.05) is 0 Å². The Balaban J connectivity index is 1.74. The normalized spacial score (nSPS) is 9.84. The number of nitro groups is 1. The van der Waals surface area contributed by atoms with Gasteiger partial charge in [0, 0.05) is 17.7 Å². The highest BCUT2D eigenvalue weighted by Crippen LogP contribution is 2.13. The van der Waals surface area contributed by atoms with Crippen molar-refractivity contribution in [2.24, 2.45) is 0 Å². The minimum absolute atomic E-state index is 0.149. The van der Waals surface area contributed by atoms with Crippen LogP contribution in [0, 0.1) is 10.1 Å². The summed E-state index contributed by atoms with van der Waals surface area (Å²) in [6, 6.07) is 11.0. The van der Waals surface area contributed by atoms with E-state index in [0.717, 1.165) is 0 Å². The molecule has 0 heterocycles. The highest BCUT2D eigenvalue weighted by molar-refractivity contribution is 7.80. The number of benzene rings is 2. The van der Waals surface area contributed by atoms with E-state index < -0.39 is 22.7 Å². The molecule has 0 spiro atoms. The maximum Gasteiger partial charge on any atom is 0.338 e. The van der Waals surface area contributed by atoms with E-state index in [-0.39, 0.29) is 29.6 Å². The third-order valence-corrected chi connectivity index (χ3v) is 3.82. The molecule has 0 saturated heterocycles. The van der Waals surface area contributed by atoms with Crippen molar-refractivity contribution in [3.05, 3.63) is 69.8 Å². The van der Waals surface area contributed by atoms with Gasteiger partial charge in [-0.25, -0.2) is 4.79 Å². The van der Waals surface area contributed by atoms with Crippen molar-refractivity contribution in [3.63, 3.8) is 0 Å². The van der Waals surface area contributed by atoms with E-state index in [4.69, 9.17) is 21.7 Å². The third kappa shape index (κ3) is 7.36. The van der Waals surface area contributed by atoms with Crippen molar-refractivity contribution >= 4 is 40.8 Å². The number of hydrazine groups is 1. The third-order valence-electron chi connectivity index (χ3n) is 3.62. The predicted octanol–water partition coefficient (Wildman–Crippen LogP) is 1.49. The minimum Gasteiger partial charge on any atom is -0.484 e. The Labute approximate surface area is 181 Å². The lowest BCUT2D eigenvalue weighted by Crippen LogP contribution is -2.49. The molecule has 0 unspecified atom stereocenters. The highest BCUT2D eigenvalue weighted by Gasteiger charge is 2.12. The van der Waals surface area contributed by atoms with Gasteiger partial charge in [0.15, 0.2) is 11.7 Å². The molecule has 31 heavy (non-hydrogen) atoms. The smallest absolute Gasteiger partial charge is 0.338 e. The zero-order chi connectivity index (χ0) is 22.8. The molecule has 0 aromatic heterocycles. The van der Waals surface area contributed by atoms with Gasteiger partial charge in [-0.15, -0.1) is 0 Å². The number of nitro benzene ring substituents is 1. The highest BCUT2D eigenvalue weighted by atomic mass is 32.1. The first kappa shape index (κ1) is 23.2. The Hall–Kier alpha value is -4.06. The molecule has 2 rings (SSSR count). The number of hydrogen-bond acceptors (Lipinski definition) is 8. The molecule has 162 valence electrons. The molecule has 2 aromatic carbocycles. The molecule has 0 aliphatic carbocycles. The number of esters is 1. The Morgan fingerprint density at radius 2 is 1.61 bits per heavy atom. The summed E-state index contributed by atoms with van der Waals surface area (Å²) < 4.78 is 10.2. The van der Waals surface area contributed by atoms with Crippen molar-refractivity contribution < 1.29 is 28.8 Å². The fourth-order valence-corrected chi connectivity index (χ4v) is 2.30. The first-order valence-electron chi connectivity index (χ1n) is 8.84. The molecule has 0 bridgehead atoms. The zero-order valence-corrected chi connectivity index (χ0v) is 17.1. The molecule has 0 aliphatic heterocycles. The van der Waals surface area contributed by atoms with Gasteiger partial charge in [0.2, 0.25) is 0 Å². The fourth-order valence-electron chi connectivity index (χ4n) is 2.15. The first-order valence-corrected chi connectivity index (χ1v) is 9.25. The standard InChI is InChI=1S/C19H18N4O7S/c1-2-29-18(26)13-5-9-15(10-6-13)30-11-16(24)21-22-19(31)20-17(25)12-3-7-14(8-4-12)23(27)28/h3-10H,2,11H2,1H3,(H,21,24)(H2,20,22,25,31). The van der Waals surface area contributed by atoms with Gasteiger partial charge < -0.3 is 9.47 Å². The lowest BCUT2D eigenvalue weighted by atomic mass is 10.2.